The number of benzene rings is 1. The number of aromatic nitrogens is 3. The van der Waals surface area contributed by atoms with Crippen LogP contribution in [0.15, 0.2) is 51.8 Å². The minimum atomic E-state index is -0.509. The first-order chi connectivity index (χ1) is 10.6. The van der Waals surface area contributed by atoms with Crippen molar-refractivity contribution in [2.24, 2.45) is 0 Å². The molecule has 1 aromatic carbocycles. The van der Waals surface area contributed by atoms with Crippen LogP contribution in [-0.2, 0) is 0 Å². The monoisotopic (exact) mass is 300 g/mol. The van der Waals surface area contributed by atoms with Gasteiger partial charge in [-0.3, -0.25) is 14.9 Å². The number of rotatable bonds is 3. The van der Waals surface area contributed by atoms with Gasteiger partial charge in [0.1, 0.15) is 5.82 Å². The summed E-state index contributed by atoms with van der Waals surface area (Å²) < 4.78 is 18.1. The fourth-order valence-electron chi connectivity index (χ4n) is 1.70. The van der Waals surface area contributed by atoms with E-state index >= 15 is 0 Å². The second-order valence-electron chi connectivity index (χ2n) is 4.31. The molecule has 22 heavy (non-hydrogen) atoms. The highest BCUT2D eigenvalue weighted by Gasteiger charge is 2.12. The molecule has 2 aromatic heterocycles. The summed E-state index contributed by atoms with van der Waals surface area (Å²) >= 11 is 0. The lowest BCUT2D eigenvalue weighted by atomic mass is 10.2. The van der Waals surface area contributed by atoms with Gasteiger partial charge in [-0.2, -0.15) is 0 Å². The van der Waals surface area contributed by atoms with E-state index < -0.39 is 5.91 Å². The summed E-state index contributed by atoms with van der Waals surface area (Å²) in [5.41, 5.74) is 0.451. The maximum absolute atomic E-state index is 12.8. The Kier molecular flexibility index (Phi) is 3.48. The van der Waals surface area contributed by atoms with E-state index in [1.807, 2.05) is 0 Å². The fourth-order valence-corrected chi connectivity index (χ4v) is 1.70. The predicted molar refractivity (Wildman–Crippen MR) is 74.7 cm³/mol. The minimum absolute atomic E-state index is 0.101. The second kappa shape index (κ2) is 5.60. The second-order valence-corrected chi connectivity index (χ2v) is 4.31. The first kappa shape index (κ1) is 13.7. The molecule has 0 atom stereocenters. The van der Waals surface area contributed by atoms with Crippen molar-refractivity contribution in [3.8, 4) is 11.5 Å². The van der Waals surface area contributed by atoms with E-state index in [1.54, 1.807) is 0 Å². The zero-order valence-corrected chi connectivity index (χ0v) is 11.0. The molecule has 0 saturated heterocycles. The summed E-state index contributed by atoms with van der Waals surface area (Å²) in [6.45, 7) is 0. The Morgan fingerprint density at radius 2 is 1.91 bits per heavy atom. The lowest BCUT2D eigenvalue weighted by Gasteiger charge is -1.99. The molecule has 1 amide bonds. The van der Waals surface area contributed by atoms with Crippen molar-refractivity contribution in [3.63, 3.8) is 0 Å². The van der Waals surface area contributed by atoms with Gasteiger partial charge in [-0.1, -0.05) is 5.10 Å². The lowest BCUT2D eigenvalue weighted by molar-refractivity contribution is 0.102. The third-order valence-corrected chi connectivity index (χ3v) is 2.78. The quantitative estimate of drug-likeness (QED) is 0.768. The van der Waals surface area contributed by atoms with E-state index in [2.05, 4.69) is 20.5 Å². The Labute approximate surface area is 122 Å². The average molecular weight is 300 g/mol. The van der Waals surface area contributed by atoms with Crippen LogP contribution in [-0.4, -0.2) is 21.1 Å². The van der Waals surface area contributed by atoms with Crippen molar-refractivity contribution in [1.82, 2.24) is 15.2 Å². The SMILES string of the molecule is O=C(Nc1nnc(-c2ccc(F)cc2)o1)c1ccc(=O)[nH]c1. The maximum Gasteiger partial charge on any atom is 0.322 e. The summed E-state index contributed by atoms with van der Waals surface area (Å²) in [6.07, 6.45) is 1.27. The van der Waals surface area contributed by atoms with Gasteiger partial charge in [0.25, 0.3) is 5.91 Å². The molecule has 7 nitrogen and oxygen atoms in total. The van der Waals surface area contributed by atoms with Crippen LogP contribution in [0.2, 0.25) is 0 Å². The molecule has 0 spiro atoms. The molecule has 0 unspecified atom stereocenters. The highest BCUT2D eigenvalue weighted by molar-refractivity contribution is 6.02. The number of anilines is 1. The number of H-pyrrole nitrogens is 1. The Hall–Kier alpha value is -3.29. The summed E-state index contributed by atoms with van der Waals surface area (Å²) in [4.78, 5) is 25.2. The largest absolute Gasteiger partial charge is 0.403 e. The summed E-state index contributed by atoms with van der Waals surface area (Å²) in [6, 6.07) is 7.98. The number of hydrogen-bond acceptors (Lipinski definition) is 5. The average Bonchev–Trinajstić information content (AvgIpc) is 2.97. The molecule has 0 radical (unpaired) electrons. The third-order valence-electron chi connectivity index (χ3n) is 2.78. The highest BCUT2D eigenvalue weighted by atomic mass is 19.1. The highest BCUT2D eigenvalue weighted by Crippen LogP contribution is 2.20. The number of carbonyl (C=O) groups is 1. The Balaban J connectivity index is 1.76. The standard InChI is InChI=1S/C14H9FN4O3/c15-10-4-1-8(2-5-10)13-18-19-14(22-13)17-12(21)9-3-6-11(20)16-7-9/h1-7H,(H,16,20)(H,17,19,21). The van der Waals surface area contributed by atoms with Gasteiger partial charge in [0, 0.05) is 17.8 Å². The van der Waals surface area contributed by atoms with Crippen molar-refractivity contribution in [2.75, 3.05) is 5.32 Å². The topological polar surface area (TPSA) is 101 Å². The van der Waals surface area contributed by atoms with Crippen LogP contribution in [0.1, 0.15) is 10.4 Å². The number of pyridine rings is 1. The van der Waals surface area contributed by atoms with Crippen LogP contribution in [0.5, 0.6) is 0 Å². The fraction of sp³-hybridized carbons (Fsp3) is 0. The molecule has 0 aliphatic carbocycles. The molecule has 2 N–H and O–H groups in total. The van der Waals surface area contributed by atoms with E-state index in [0.717, 1.165) is 0 Å². The zero-order valence-electron chi connectivity index (χ0n) is 11.0. The van der Waals surface area contributed by atoms with Crippen LogP contribution in [0.25, 0.3) is 11.5 Å². The van der Waals surface area contributed by atoms with E-state index in [-0.39, 0.29) is 28.8 Å². The maximum atomic E-state index is 12.8. The van der Waals surface area contributed by atoms with Gasteiger partial charge in [0.15, 0.2) is 0 Å². The molecule has 0 fully saturated rings. The van der Waals surface area contributed by atoms with Gasteiger partial charge in [-0.25, -0.2) is 4.39 Å². The van der Waals surface area contributed by atoms with Crippen molar-refractivity contribution < 1.29 is 13.6 Å². The van der Waals surface area contributed by atoms with Crippen molar-refractivity contribution in [1.29, 1.82) is 0 Å². The van der Waals surface area contributed by atoms with Crippen LogP contribution in [0, 0.1) is 5.82 Å². The third kappa shape index (κ3) is 2.90. The van der Waals surface area contributed by atoms with E-state index in [1.165, 1.54) is 42.6 Å². The van der Waals surface area contributed by atoms with Crippen molar-refractivity contribution in [3.05, 3.63) is 64.3 Å². The Morgan fingerprint density at radius 3 is 2.59 bits per heavy atom. The summed E-state index contributed by atoms with van der Waals surface area (Å²) in [7, 11) is 0. The summed E-state index contributed by atoms with van der Waals surface area (Å²) in [5, 5.41) is 9.85. The van der Waals surface area contributed by atoms with Gasteiger partial charge in [-0.15, -0.1) is 5.10 Å². The molecular weight excluding hydrogens is 291 g/mol. The van der Waals surface area contributed by atoms with Crippen LogP contribution >= 0.6 is 0 Å². The Morgan fingerprint density at radius 1 is 1.14 bits per heavy atom. The van der Waals surface area contributed by atoms with Gasteiger partial charge in [0.05, 0.1) is 5.56 Å². The summed E-state index contributed by atoms with van der Waals surface area (Å²) in [5.74, 6) is -0.739. The van der Waals surface area contributed by atoms with Gasteiger partial charge >= 0.3 is 6.01 Å². The lowest BCUT2D eigenvalue weighted by Crippen LogP contribution is -2.14. The molecule has 2 heterocycles. The van der Waals surface area contributed by atoms with Crippen LogP contribution in [0.3, 0.4) is 0 Å². The van der Waals surface area contributed by atoms with Gasteiger partial charge in [0.2, 0.25) is 11.4 Å². The van der Waals surface area contributed by atoms with Crippen molar-refractivity contribution >= 4 is 11.9 Å². The van der Waals surface area contributed by atoms with Crippen molar-refractivity contribution in [2.45, 2.75) is 0 Å². The number of halogens is 1. The molecule has 0 aliphatic rings. The number of nitrogens with one attached hydrogen (secondary N) is 2. The zero-order chi connectivity index (χ0) is 15.5. The molecule has 0 saturated carbocycles. The first-order valence-electron chi connectivity index (χ1n) is 6.21. The molecular formula is C14H9FN4O3. The smallest absolute Gasteiger partial charge is 0.322 e. The number of amides is 1. The first-order valence-corrected chi connectivity index (χ1v) is 6.21. The van der Waals surface area contributed by atoms with Gasteiger partial charge in [-0.05, 0) is 30.3 Å². The van der Waals surface area contributed by atoms with E-state index in [4.69, 9.17) is 4.42 Å². The molecule has 0 bridgehead atoms. The van der Waals surface area contributed by atoms with E-state index in [0.29, 0.717) is 5.56 Å². The molecule has 0 aliphatic heterocycles. The molecule has 8 heteroatoms. The number of nitrogens with zero attached hydrogens (tertiary/aromatic N) is 2. The Bertz CT molecular complexity index is 850. The number of carbonyl (C=O) groups excluding carboxylic acids is 1. The molecule has 3 aromatic rings. The molecule has 110 valence electrons. The van der Waals surface area contributed by atoms with Crippen LogP contribution in [0.4, 0.5) is 10.4 Å². The van der Waals surface area contributed by atoms with Crippen LogP contribution < -0.4 is 10.9 Å². The van der Waals surface area contributed by atoms with Gasteiger partial charge < -0.3 is 9.40 Å². The minimum Gasteiger partial charge on any atom is -0.403 e. The predicted octanol–water partition coefficient (Wildman–Crippen LogP) is 1.82. The molecule has 3 rings (SSSR count). The number of aromatic amines is 1. The normalized spacial score (nSPS) is 10.4. The van der Waals surface area contributed by atoms with E-state index in [9.17, 15) is 14.0 Å². The number of hydrogen-bond donors (Lipinski definition) is 2.